The van der Waals surface area contributed by atoms with E-state index in [0.717, 1.165) is 12.1 Å². The van der Waals surface area contributed by atoms with E-state index in [-0.39, 0.29) is 17.9 Å². The molecule has 3 heteroatoms. The van der Waals surface area contributed by atoms with Crippen molar-refractivity contribution in [3.8, 4) is 0 Å². The topological polar surface area (TPSA) is 38.0 Å². The molecule has 1 aliphatic carbocycles. The fourth-order valence-electron chi connectivity index (χ4n) is 2.56. The van der Waals surface area contributed by atoms with Gasteiger partial charge in [-0.3, -0.25) is 0 Å². The van der Waals surface area contributed by atoms with Crippen molar-refractivity contribution < 1.29 is 4.39 Å². The van der Waals surface area contributed by atoms with Gasteiger partial charge in [0, 0.05) is 11.7 Å². The van der Waals surface area contributed by atoms with Crippen LogP contribution in [0.4, 0.5) is 10.1 Å². The second-order valence-electron chi connectivity index (χ2n) is 4.67. The summed E-state index contributed by atoms with van der Waals surface area (Å²) in [6.45, 7) is 0. The molecule has 3 rings (SSSR count). The van der Waals surface area contributed by atoms with Crippen molar-refractivity contribution in [1.29, 1.82) is 0 Å². The number of hydrogen-bond donors (Lipinski definition) is 2. The summed E-state index contributed by atoms with van der Waals surface area (Å²) in [6, 6.07) is 14.9. The Balaban J connectivity index is 1.85. The summed E-state index contributed by atoms with van der Waals surface area (Å²) >= 11 is 0. The summed E-state index contributed by atoms with van der Waals surface area (Å²) in [6.07, 6.45) is 0.872. The van der Waals surface area contributed by atoms with Crippen molar-refractivity contribution in [3.05, 3.63) is 65.5 Å². The molecule has 0 heterocycles. The molecule has 2 atom stereocenters. The van der Waals surface area contributed by atoms with E-state index in [1.165, 1.54) is 23.3 Å². The lowest BCUT2D eigenvalue weighted by molar-refractivity contribution is 0.626. The first kappa shape index (κ1) is 11.2. The summed E-state index contributed by atoms with van der Waals surface area (Å²) in [5.74, 6) is -0.218. The van der Waals surface area contributed by atoms with Gasteiger partial charge in [-0.2, -0.15) is 0 Å². The Labute approximate surface area is 106 Å². The maximum atomic E-state index is 12.9. The van der Waals surface area contributed by atoms with Gasteiger partial charge in [-0.1, -0.05) is 24.3 Å². The molecule has 0 aromatic heterocycles. The molecule has 0 saturated heterocycles. The van der Waals surface area contributed by atoms with Gasteiger partial charge < -0.3 is 11.1 Å². The number of nitrogens with one attached hydrogen (secondary N) is 1. The summed E-state index contributed by atoms with van der Waals surface area (Å²) in [5, 5.41) is 3.41. The smallest absolute Gasteiger partial charge is 0.123 e. The van der Waals surface area contributed by atoms with E-state index in [9.17, 15) is 4.39 Å². The second-order valence-corrected chi connectivity index (χ2v) is 4.67. The lowest BCUT2D eigenvalue weighted by Gasteiger charge is -2.15. The van der Waals surface area contributed by atoms with E-state index >= 15 is 0 Å². The van der Waals surface area contributed by atoms with E-state index in [1.807, 2.05) is 12.1 Å². The lowest BCUT2D eigenvalue weighted by Crippen LogP contribution is -2.09. The Hall–Kier alpha value is -1.87. The Morgan fingerprint density at radius 1 is 1.00 bits per heavy atom. The molecule has 0 amide bonds. The molecule has 0 fully saturated rings. The molecule has 3 N–H and O–H groups in total. The van der Waals surface area contributed by atoms with E-state index in [0.29, 0.717) is 0 Å². The Bertz CT molecular complexity index is 551. The van der Waals surface area contributed by atoms with Crippen molar-refractivity contribution in [2.24, 2.45) is 5.73 Å². The predicted molar refractivity (Wildman–Crippen MR) is 70.8 cm³/mol. The van der Waals surface area contributed by atoms with Crippen LogP contribution in [0.1, 0.15) is 29.6 Å². The van der Waals surface area contributed by atoms with Gasteiger partial charge in [-0.05, 0) is 41.8 Å². The number of benzene rings is 2. The zero-order valence-corrected chi connectivity index (χ0v) is 9.94. The van der Waals surface area contributed by atoms with E-state index in [2.05, 4.69) is 17.4 Å². The summed E-state index contributed by atoms with van der Waals surface area (Å²) < 4.78 is 12.9. The Kier molecular flexibility index (Phi) is 2.76. The van der Waals surface area contributed by atoms with Gasteiger partial charge in [-0.15, -0.1) is 0 Å². The zero-order valence-electron chi connectivity index (χ0n) is 9.94. The van der Waals surface area contributed by atoms with Gasteiger partial charge in [-0.25, -0.2) is 4.39 Å². The quantitative estimate of drug-likeness (QED) is 0.847. The molecular weight excluding hydrogens is 227 g/mol. The average Bonchev–Trinajstić information content (AvgIpc) is 2.70. The largest absolute Gasteiger partial charge is 0.378 e. The van der Waals surface area contributed by atoms with Crippen LogP contribution in [0, 0.1) is 5.82 Å². The van der Waals surface area contributed by atoms with Crippen LogP contribution in [0.5, 0.6) is 0 Å². The van der Waals surface area contributed by atoms with E-state index < -0.39 is 0 Å². The lowest BCUT2D eigenvalue weighted by atomic mass is 10.1. The SMILES string of the molecule is NC1CC(Nc2ccc(F)cc2)c2ccccc21. The fourth-order valence-corrected chi connectivity index (χ4v) is 2.56. The van der Waals surface area contributed by atoms with Crippen LogP contribution < -0.4 is 11.1 Å². The number of fused-ring (bicyclic) bond motifs is 1. The standard InChI is InChI=1S/C15H15FN2/c16-10-5-7-11(8-6-10)18-15-9-14(17)12-3-1-2-4-13(12)15/h1-8,14-15,18H,9,17H2. The Morgan fingerprint density at radius 2 is 1.67 bits per heavy atom. The molecule has 0 saturated carbocycles. The van der Waals surface area contributed by atoms with Gasteiger partial charge in [0.15, 0.2) is 0 Å². The molecular formula is C15H15FN2. The van der Waals surface area contributed by atoms with Crippen LogP contribution in [0.15, 0.2) is 48.5 Å². The highest BCUT2D eigenvalue weighted by Crippen LogP contribution is 2.38. The van der Waals surface area contributed by atoms with Crippen molar-refractivity contribution in [3.63, 3.8) is 0 Å². The highest BCUT2D eigenvalue weighted by Gasteiger charge is 2.27. The monoisotopic (exact) mass is 242 g/mol. The number of anilines is 1. The van der Waals surface area contributed by atoms with Crippen LogP contribution in [-0.2, 0) is 0 Å². The summed E-state index contributed by atoms with van der Waals surface area (Å²) in [5.41, 5.74) is 9.49. The predicted octanol–water partition coefficient (Wildman–Crippen LogP) is 3.38. The Morgan fingerprint density at radius 3 is 2.39 bits per heavy atom. The summed E-state index contributed by atoms with van der Waals surface area (Å²) in [7, 11) is 0. The highest BCUT2D eigenvalue weighted by molar-refractivity contribution is 5.49. The maximum Gasteiger partial charge on any atom is 0.123 e. The van der Waals surface area contributed by atoms with Gasteiger partial charge in [0.25, 0.3) is 0 Å². The van der Waals surface area contributed by atoms with E-state index in [1.54, 1.807) is 12.1 Å². The van der Waals surface area contributed by atoms with Crippen LogP contribution in [-0.4, -0.2) is 0 Å². The van der Waals surface area contributed by atoms with Gasteiger partial charge >= 0.3 is 0 Å². The van der Waals surface area contributed by atoms with E-state index in [4.69, 9.17) is 5.73 Å². The van der Waals surface area contributed by atoms with Crippen molar-refractivity contribution in [2.45, 2.75) is 18.5 Å². The van der Waals surface area contributed by atoms with Crippen LogP contribution in [0.25, 0.3) is 0 Å². The number of hydrogen-bond acceptors (Lipinski definition) is 2. The highest BCUT2D eigenvalue weighted by atomic mass is 19.1. The molecule has 0 radical (unpaired) electrons. The third kappa shape index (κ3) is 1.97. The fraction of sp³-hybridized carbons (Fsp3) is 0.200. The number of halogens is 1. The number of rotatable bonds is 2. The van der Waals surface area contributed by atoms with Gasteiger partial charge in [0.1, 0.15) is 5.82 Å². The molecule has 92 valence electrons. The minimum atomic E-state index is -0.218. The summed E-state index contributed by atoms with van der Waals surface area (Å²) in [4.78, 5) is 0. The molecule has 2 aromatic rings. The molecule has 0 aliphatic heterocycles. The molecule has 1 aliphatic rings. The molecule has 2 aromatic carbocycles. The normalized spacial score (nSPS) is 21.7. The van der Waals surface area contributed by atoms with Crippen molar-refractivity contribution in [2.75, 3.05) is 5.32 Å². The number of nitrogens with two attached hydrogens (primary N) is 1. The van der Waals surface area contributed by atoms with Crippen molar-refractivity contribution >= 4 is 5.69 Å². The van der Waals surface area contributed by atoms with Gasteiger partial charge in [0.2, 0.25) is 0 Å². The second kappa shape index (κ2) is 4.42. The molecule has 0 spiro atoms. The minimum Gasteiger partial charge on any atom is -0.378 e. The van der Waals surface area contributed by atoms with Crippen LogP contribution in [0.2, 0.25) is 0 Å². The third-order valence-electron chi connectivity index (χ3n) is 3.45. The molecule has 0 bridgehead atoms. The molecule has 18 heavy (non-hydrogen) atoms. The van der Waals surface area contributed by atoms with Crippen LogP contribution >= 0.6 is 0 Å². The first-order valence-corrected chi connectivity index (χ1v) is 6.10. The van der Waals surface area contributed by atoms with Crippen LogP contribution in [0.3, 0.4) is 0 Å². The first-order chi connectivity index (χ1) is 8.74. The molecule has 2 nitrogen and oxygen atoms in total. The zero-order chi connectivity index (χ0) is 12.5. The van der Waals surface area contributed by atoms with Crippen molar-refractivity contribution in [1.82, 2.24) is 0 Å². The third-order valence-corrected chi connectivity index (χ3v) is 3.45. The van der Waals surface area contributed by atoms with Gasteiger partial charge in [0.05, 0.1) is 6.04 Å². The maximum absolute atomic E-state index is 12.9. The minimum absolute atomic E-state index is 0.0825. The first-order valence-electron chi connectivity index (χ1n) is 6.10. The molecule has 2 unspecified atom stereocenters. The average molecular weight is 242 g/mol.